The third kappa shape index (κ3) is 3.62. The second kappa shape index (κ2) is 7.22. The molecule has 0 amide bonds. The van der Waals surface area contributed by atoms with Crippen LogP contribution in [0.2, 0.25) is 0 Å². The topological polar surface area (TPSA) is 40.5 Å². The van der Waals surface area contributed by atoms with Crippen molar-refractivity contribution in [3.8, 4) is 5.75 Å². The van der Waals surface area contributed by atoms with Crippen LogP contribution in [-0.4, -0.2) is 21.8 Å². The first kappa shape index (κ1) is 20.9. The van der Waals surface area contributed by atoms with Crippen molar-refractivity contribution in [3.63, 3.8) is 0 Å². The van der Waals surface area contributed by atoms with Crippen LogP contribution in [0.4, 0.5) is 0 Å². The minimum absolute atomic E-state index is 0.00613. The molecule has 0 saturated carbocycles. The predicted molar refractivity (Wildman–Crippen MR) is 121 cm³/mol. The van der Waals surface area contributed by atoms with E-state index < -0.39 is 0 Å². The van der Waals surface area contributed by atoms with Gasteiger partial charge in [0.2, 0.25) is 0 Å². The molecule has 3 rings (SSSR count). The van der Waals surface area contributed by atoms with E-state index in [1.165, 1.54) is 5.56 Å². The molecule has 1 aromatic carbocycles. The fourth-order valence-electron chi connectivity index (χ4n) is 4.14. The van der Waals surface area contributed by atoms with E-state index in [1.807, 2.05) is 38.3 Å². The molecule has 0 radical (unpaired) electrons. The van der Waals surface area contributed by atoms with Gasteiger partial charge in [-0.05, 0) is 73.1 Å². The summed E-state index contributed by atoms with van der Waals surface area (Å²) in [5.41, 5.74) is 7.45. The van der Waals surface area contributed by atoms with Gasteiger partial charge in [-0.15, -0.1) is 0 Å². The number of phenolic OH excluding ortho intramolecular Hbond substituents is 1. The molecule has 3 nitrogen and oxygen atoms in total. The summed E-state index contributed by atoms with van der Waals surface area (Å²) in [7, 11) is 0. The Balaban J connectivity index is 2.24. The van der Waals surface area contributed by atoms with Crippen LogP contribution in [0.5, 0.6) is 5.75 Å². The van der Waals surface area contributed by atoms with Crippen LogP contribution in [0.15, 0.2) is 60.4 Å². The van der Waals surface area contributed by atoms with E-state index >= 15 is 0 Å². The van der Waals surface area contributed by atoms with Crippen LogP contribution >= 0.6 is 0 Å². The molecule has 1 unspecified atom stereocenters. The zero-order chi connectivity index (χ0) is 21.7. The lowest BCUT2D eigenvalue weighted by Gasteiger charge is -2.46. The Labute approximate surface area is 174 Å². The van der Waals surface area contributed by atoms with Gasteiger partial charge in [0.1, 0.15) is 5.75 Å². The van der Waals surface area contributed by atoms with Gasteiger partial charge < -0.3 is 10.0 Å². The normalized spacial score (nSPS) is 19.6. The maximum absolute atomic E-state index is 12.1. The van der Waals surface area contributed by atoms with Crippen LogP contribution < -0.4 is 0 Å². The number of hydrogen-bond donors (Lipinski definition) is 1. The highest BCUT2D eigenvalue weighted by Gasteiger charge is 2.38. The minimum atomic E-state index is -0.00613. The van der Waals surface area contributed by atoms with Crippen LogP contribution in [0.25, 0.3) is 11.3 Å². The molecule has 0 fully saturated rings. The summed E-state index contributed by atoms with van der Waals surface area (Å²) >= 11 is 0. The molecule has 0 bridgehead atoms. The third-order valence-electron chi connectivity index (χ3n) is 6.13. The molecule has 0 saturated heterocycles. The second-order valence-electron chi connectivity index (χ2n) is 9.19. The number of nitrogens with zero attached hydrogens (tertiary/aromatic N) is 1. The number of carbonyl (C=O) groups is 1. The van der Waals surface area contributed by atoms with Crippen LogP contribution in [0.1, 0.15) is 58.2 Å². The number of aromatic hydroxyl groups is 1. The molecule has 0 aliphatic carbocycles. The van der Waals surface area contributed by atoms with E-state index in [2.05, 4.69) is 44.9 Å². The molecule has 2 aliphatic heterocycles. The molecule has 0 aromatic heterocycles. The summed E-state index contributed by atoms with van der Waals surface area (Å²) in [4.78, 5) is 14.3. The van der Waals surface area contributed by atoms with Gasteiger partial charge in [0, 0.05) is 34.6 Å². The lowest BCUT2D eigenvalue weighted by atomic mass is 9.76. The Kier molecular flexibility index (Phi) is 5.20. The van der Waals surface area contributed by atoms with Crippen molar-refractivity contribution in [1.82, 2.24) is 4.90 Å². The number of ketones is 1. The smallest absolute Gasteiger partial charge is 0.161 e. The first-order chi connectivity index (χ1) is 13.5. The van der Waals surface area contributed by atoms with Crippen molar-refractivity contribution in [2.75, 3.05) is 0 Å². The first-order valence-electron chi connectivity index (χ1n) is 10.0. The summed E-state index contributed by atoms with van der Waals surface area (Å²) in [5.74, 6) is 0.270. The van der Waals surface area contributed by atoms with Gasteiger partial charge in [0.05, 0.1) is 0 Å². The highest BCUT2D eigenvalue weighted by Crippen LogP contribution is 2.45. The number of carbonyl (C=O) groups excluding carboxylic acids is 1. The Bertz CT molecular complexity index is 1010. The fourth-order valence-corrected chi connectivity index (χ4v) is 4.14. The molecule has 152 valence electrons. The summed E-state index contributed by atoms with van der Waals surface area (Å²) in [5, 5.41) is 10.8. The lowest BCUT2D eigenvalue weighted by molar-refractivity contribution is -0.113. The molecule has 2 aliphatic rings. The predicted octanol–water partition coefficient (Wildman–Crippen LogP) is 6.03. The Morgan fingerprint density at radius 3 is 2.45 bits per heavy atom. The third-order valence-corrected chi connectivity index (χ3v) is 6.13. The van der Waals surface area contributed by atoms with Gasteiger partial charge in [-0.3, -0.25) is 4.79 Å². The largest absolute Gasteiger partial charge is 0.507 e. The number of allylic oxidation sites excluding steroid dienone is 6. The summed E-state index contributed by atoms with van der Waals surface area (Å²) in [6, 6.07) is 4.14. The van der Waals surface area contributed by atoms with Gasteiger partial charge in [-0.1, -0.05) is 40.0 Å². The molecule has 1 aromatic rings. The zero-order valence-electron chi connectivity index (χ0n) is 18.4. The van der Waals surface area contributed by atoms with Gasteiger partial charge in [-0.2, -0.15) is 0 Å². The van der Waals surface area contributed by atoms with Crippen LogP contribution in [-0.2, 0) is 11.2 Å². The van der Waals surface area contributed by atoms with Crippen molar-refractivity contribution >= 4 is 17.1 Å². The quantitative estimate of drug-likeness (QED) is 0.642. The zero-order valence-corrected chi connectivity index (χ0v) is 18.4. The fraction of sp³-hybridized carbons (Fsp3) is 0.346. The average Bonchev–Trinajstić information content (AvgIpc) is 2.64. The first-order valence-corrected chi connectivity index (χ1v) is 10.0. The molecule has 0 spiro atoms. The number of phenols is 1. The van der Waals surface area contributed by atoms with Crippen molar-refractivity contribution in [3.05, 3.63) is 77.1 Å². The van der Waals surface area contributed by atoms with E-state index in [9.17, 15) is 9.90 Å². The Hall–Kier alpha value is -2.81. The number of hydrogen-bond acceptors (Lipinski definition) is 3. The van der Waals surface area contributed by atoms with Crippen molar-refractivity contribution in [1.29, 1.82) is 0 Å². The molecule has 1 N–H and O–H groups in total. The molecule has 3 heteroatoms. The van der Waals surface area contributed by atoms with E-state index in [1.54, 1.807) is 6.92 Å². The lowest BCUT2D eigenvalue weighted by Crippen LogP contribution is -2.45. The van der Waals surface area contributed by atoms with Gasteiger partial charge in [-0.25, -0.2) is 0 Å². The minimum Gasteiger partial charge on any atom is -0.507 e. The van der Waals surface area contributed by atoms with E-state index in [-0.39, 0.29) is 23.0 Å². The van der Waals surface area contributed by atoms with Crippen LogP contribution in [0.3, 0.4) is 0 Å². The summed E-state index contributed by atoms with van der Waals surface area (Å²) in [6.45, 7) is 20.2. The number of rotatable bonds is 3. The monoisotopic (exact) mass is 389 g/mol. The van der Waals surface area contributed by atoms with Crippen molar-refractivity contribution in [2.45, 2.75) is 54.0 Å². The SMILES string of the molecule is C=C/C(C)=C(\C)c1cc2c(cc1O)C1=CC(=C)C(C(C)=O)=CN1C(C(C)(C)C)C2. The van der Waals surface area contributed by atoms with E-state index in [0.717, 1.165) is 34.4 Å². The maximum atomic E-state index is 12.1. The Morgan fingerprint density at radius 2 is 1.90 bits per heavy atom. The molecule has 1 atom stereocenters. The second-order valence-corrected chi connectivity index (χ2v) is 9.19. The van der Waals surface area contributed by atoms with Crippen molar-refractivity contribution < 1.29 is 9.90 Å². The Morgan fingerprint density at radius 1 is 1.24 bits per heavy atom. The van der Waals surface area contributed by atoms with Crippen molar-refractivity contribution in [2.24, 2.45) is 5.41 Å². The molecular weight excluding hydrogens is 358 g/mol. The highest BCUT2D eigenvalue weighted by molar-refractivity contribution is 6.00. The van der Waals surface area contributed by atoms with Gasteiger partial charge >= 0.3 is 0 Å². The summed E-state index contributed by atoms with van der Waals surface area (Å²) < 4.78 is 0. The number of fused-ring (bicyclic) bond motifs is 3. The summed E-state index contributed by atoms with van der Waals surface area (Å²) in [6.07, 6.45) is 6.56. The maximum Gasteiger partial charge on any atom is 0.161 e. The van der Waals surface area contributed by atoms with E-state index in [4.69, 9.17) is 0 Å². The molecule has 2 heterocycles. The van der Waals surface area contributed by atoms with E-state index in [0.29, 0.717) is 11.1 Å². The average molecular weight is 390 g/mol. The standard InChI is InChI=1S/C26H31NO2/c1-9-15(2)17(4)20-11-19-12-25(26(6,7)8)27-14-22(18(5)28)16(3)10-23(27)21(19)13-24(20)29/h9-11,13-14,25,29H,1,3,12H2,2,4-8H3/b17-15+. The van der Waals surface area contributed by atoms with Gasteiger partial charge in [0.25, 0.3) is 0 Å². The molecule has 29 heavy (non-hydrogen) atoms. The number of benzene rings is 1. The van der Waals surface area contributed by atoms with Crippen LogP contribution in [0, 0.1) is 5.41 Å². The number of Topliss-reactive ketones (excluding diaryl/α,β-unsaturated/α-hetero) is 1. The van der Waals surface area contributed by atoms with Gasteiger partial charge in [0.15, 0.2) is 5.78 Å². The highest BCUT2D eigenvalue weighted by atomic mass is 16.3. The molecular formula is C26H31NO2.